The second kappa shape index (κ2) is 11.8. The van der Waals surface area contributed by atoms with Crippen LogP contribution in [0.3, 0.4) is 0 Å². The Bertz CT molecular complexity index is 996. The summed E-state index contributed by atoms with van der Waals surface area (Å²) in [5, 5.41) is 12.6. The van der Waals surface area contributed by atoms with Gasteiger partial charge < -0.3 is 25.0 Å². The third-order valence-electron chi connectivity index (χ3n) is 4.13. The Kier molecular flexibility index (Phi) is 9.16. The molecule has 13 heteroatoms. The molecule has 1 aromatic carbocycles. The number of hydrogen-bond donors (Lipinski definition) is 4. The Morgan fingerprint density at radius 3 is 2.53 bits per heavy atom. The SMILES string of the molecule is CNC(=S)NCCN(C)C(=O)NC(=O)c1csc(NC(=O)c2ccc(OC)c(OC)c2)n1. The van der Waals surface area contributed by atoms with Crippen LogP contribution in [0, 0.1) is 0 Å². The molecule has 0 spiro atoms. The monoisotopic (exact) mass is 480 g/mol. The maximum absolute atomic E-state index is 12.5. The minimum absolute atomic E-state index is 0.00819. The molecule has 2 rings (SSSR count). The first-order valence-corrected chi connectivity index (χ1v) is 10.6. The van der Waals surface area contributed by atoms with Crippen LogP contribution < -0.4 is 30.7 Å². The van der Waals surface area contributed by atoms with Crippen molar-refractivity contribution in [1.29, 1.82) is 0 Å². The Morgan fingerprint density at radius 1 is 1.16 bits per heavy atom. The topological polar surface area (TPSA) is 134 Å². The van der Waals surface area contributed by atoms with Gasteiger partial charge in [-0.05, 0) is 30.4 Å². The minimum atomic E-state index is -0.677. The number of likely N-dealkylation sites (N-methyl/N-ethyl adjacent to an activating group) is 1. The number of thiazole rings is 1. The van der Waals surface area contributed by atoms with Crippen LogP contribution in [0.1, 0.15) is 20.8 Å². The lowest BCUT2D eigenvalue weighted by molar-refractivity contribution is 0.0948. The molecule has 0 aliphatic carbocycles. The maximum atomic E-state index is 12.5. The van der Waals surface area contributed by atoms with Crippen LogP contribution in [-0.2, 0) is 0 Å². The normalized spacial score (nSPS) is 10.0. The van der Waals surface area contributed by atoms with Crippen molar-refractivity contribution < 1.29 is 23.9 Å². The van der Waals surface area contributed by atoms with Gasteiger partial charge in [0.25, 0.3) is 11.8 Å². The lowest BCUT2D eigenvalue weighted by Gasteiger charge is -2.17. The van der Waals surface area contributed by atoms with E-state index in [1.54, 1.807) is 26.2 Å². The number of thiocarbonyl (C=S) groups is 1. The molecule has 4 N–H and O–H groups in total. The summed E-state index contributed by atoms with van der Waals surface area (Å²) in [6.45, 7) is 0.742. The molecule has 0 aliphatic heterocycles. The standard InChI is InChI=1S/C19H24N6O5S2/c1-20-17(31)21-7-8-25(2)19(28)24-16(27)12-10-32-18(22-12)23-15(26)11-5-6-13(29-3)14(9-11)30-4/h5-6,9-10H,7-8H2,1-4H3,(H2,20,21,31)(H,22,23,26)(H,24,27,28). The average molecular weight is 481 g/mol. The van der Waals surface area contributed by atoms with Crippen molar-refractivity contribution in [1.82, 2.24) is 25.8 Å². The van der Waals surface area contributed by atoms with Gasteiger partial charge >= 0.3 is 6.03 Å². The van der Waals surface area contributed by atoms with E-state index in [9.17, 15) is 14.4 Å². The van der Waals surface area contributed by atoms with E-state index in [2.05, 4.69) is 26.3 Å². The molecule has 1 heterocycles. The van der Waals surface area contributed by atoms with Crippen LogP contribution in [0.15, 0.2) is 23.6 Å². The zero-order valence-corrected chi connectivity index (χ0v) is 19.6. The number of methoxy groups -OCH3 is 2. The summed E-state index contributed by atoms with van der Waals surface area (Å²) in [5.41, 5.74) is 0.334. The Labute approximate surface area is 194 Å². The second-order valence-electron chi connectivity index (χ2n) is 6.25. The van der Waals surface area contributed by atoms with Crippen molar-refractivity contribution in [3.63, 3.8) is 0 Å². The van der Waals surface area contributed by atoms with E-state index in [0.29, 0.717) is 35.3 Å². The summed E-state index contributed by atoms with van der Waals surface area (Å²) in [5.74, 6) is -0.212. The number of amides is 4. The summed E-state index contributed by atoms with van der Waals surface area (Å²) in [7, 11) is 6.20. The predicted octanol–water partition coefficient (Wildman–Crippen LogP) is 1.29. The molecule has 2 aromatic rings. The summed E-state index contributed by atoms with van der Waals surface area (Å²) in [6, 6.07) is 4.13. The number of carbonyl (C=O) groups is 3. The zero-order valence-electron chi connectivity index (χ0n) is 18.0. The number of ether oxygens (including phenoxy) is 2. The van der Waals surface area contributed by atoms with Gasteiger partial charge in [0.15, 0.2) is 21.7 Å². The summed E-state index contributed by atoms with van der Waals surface area (Å²) in [6.07, 6.45) is 0. The van der Waals surface area contributed by atoms with Crippen LogP contribution in [0.5, 0.6) is 11.5 Å². The molecule has 32 heavy (non-hydrogen) atoms. The second-order valence-corrected chi connectivity index (χ2v) is 7.51. The lowest BCUT2D eigenvalue weighted by atomic mass is 10.2. The molecule has 4 amide bonds. The van der Waals surface area contributed by atoms with Gasteiger partial charge in [0, 0.05) is 38.1 Å². The largest absolute Gasteiger partial charge is 0.493 e. The van der Waals surface area contributed by atoms with E-state index in [1.165, 1.54) is 30.6 Å². The number of nitrogens with zero attached hydrogens (tertiary/aromatic N) is 2. The Hall–Kier alpha value is -3.45. The number of hydrogen-bond acceptors (Lipinski definition) is 8. The number of urea groups is 1. The number of rotatable bonds is 8. The minimum Gasteiger partial charge on any atom is -0.493 e. The van der Waals surface area contributed by atoms with E-state index >= 15 is 0 Å². The van der Waals surface area contributed by atoms with Gasteiger partial charge in [0.1, 0.15) is 5.69 Å². The molecule has 0 fully saturated rings. The molecule has 0 saturated heterocycles. The third kappa shape index (κ3) is 6.78. The first-order chi connectivity index (χ1) is 15.3. The van der Waals surface area contributed by atoms with Crippen molar-refractivity contribution in [3.8, 4) is 11.5 Å². The Balaban J connectivity index is 1.92. The molecule has 0 aliphatic rings. The number of carbonyl (C=O) groups excluding carboxylic acids is 3. The van der Waals surface area contributed by atoms with Gasteiger partial charge in [0.2, 0.25) is 0 Å². The highest BCUT2D eigenvalue weighted by Gasteiger charge is 2.18. The van der Waals surface area contributed by atoms with Crippen LogP contribution in [0.25, 0.3) is 0 Å². The van der Waals surface area contributed by atoms with E-state index in [-0.39, 0.29) is 10.8 Å². The molecule has 0 radical (unpaired) electrons. The molecule has 1 aromatic heterocycles. The molecule has 0 atom stereocenters. The summed E-state index contributed by atoms with van der Waals surface area (Å²) < 4.78 is 10.3. The van der Waals surface area contributed by atoms with Crippen molar-refractivity contribution in [3.05, 3.63) is 34.8 Å². The summed E-state index contributed by atoms with van der Waals surface area (Å²) >= 11 is 6.01. The molecular formula is C19H24N6O5S2. The number of benzene rings is 1. The quantitative estimate of drug-likeness (QED) is 0.412. The fourth-order valence-corrected chi connectivity index (χ4v) is 3.15. The highest BCUT2D eigenvalue weighted by Crippen LogP contribution is 2.28. The first kappa shape index (κ1) is 24.8. The highest BCUT2D eigenvalue weighted by molar-refractivity contribution is 7.80. The molecule has 172 valence electrons. The number of aromatic nitrogens is 1. The molecule has 0 bridgehead atoms. The van der Waals surface area contributed by atoms with Gasteiger partial charge in [-0.2, -0.15) is 0 Å². The van der Waals surface area contributed by atoms with Gasteiger partial charge in [-0.1, -0.05) is 0 Å². The molecular weight excluding hydrogens is 456 g/mol. The van der Waals surface area contributed by atoms with E-state index in [0.717, 1.165) is 11.3 Å². The number of imide groups is 1. The van der Waals surface area contributed by atoms with Crippen LogP contribution >= 0.6 is 23.6 Å². The van der Waals surface area contributed by atoms with E-state index < -0.39 is 17.8 Å². The van der Waals surface area contributed by atoms with Gasteiger partial charge in [-0.25, -0.2) is 9.78 Å². The molecule has 11 nitrogen and oxygen atoms in total. The van der Waals surface area contributed by atoms with Crippen molar-refractivity contribution in [2.45, 2.75) is 0 Å². The summed E-state index contributed by atoms with van der Waals surface area (Å²) in [4.78, 5) is 42.3. The lowest BCUT2D eigenvalue weighted by Crippen LogP contribution is -2.44. The van der Waals surface area contributed by atoms with Crippen LogP contribution in [0.4, 0.5) is 9.93 Å². The van der Waals surface area contributed by atoms with E-state index in [4.69, 9.17) is 21.7 Å². The van der Waals surface area contributed by atoms with Crippen LogP contribution in [-0.4, -0.2) is 74.2 Å². The van der Waals surface area contributed by atoms with Crippen LogP contribution in [0.2, 0.25) is 0 Å². The predicted molar refractivity (Wildman–Crippen MR) is 125 cm³/mol. The smallest absolute Gasteiger partial charge is 0.324 e. The maximum Gasteiger partial charge on any atom is 0.324 e. The molecule has 0 unspecified atom stereocenters. The van der Waals surface area contributed by atoms with Gasteiger partial charge in [-0.3, -0.25) is 20.2 Å². The van der Waals surface area contributed by atoms with Crippen molar-refractivity contribution in [2.24, 2.45) is 0 Å². The third-order valence-corrected chi connectivity index (χ3v) is 5.24. The fraction of sp³-hybridized carbons (Fsp3) is 0.316. The van der Waals surface area contributed by atoms with Crippen molar-refractivity contribution >= 4 is 51.6 Å². The van der Waals surface area contributed by atoms with E-state index in [1.807, 2.05) is 0 Å². The Morgan fingerprint density at radius 2 is 1.88 bits per heavy atom. The van der Waals surface area contributed by atoms with Crippen molar-refractivity contribution in [2.75, 3.05) is 46.7 Å². The first-order valence-electron chi connectivity index (χ1n) is 9.30. The molecule has 0 saturated carbocycles. The van der Waals surface area contributed by atoms with Gasteiger partial charge in [-0.15, -0.1) is 11.3 Å². The zero-order chi connectivity index (χ0) is 23.7. The number of anilines is 1. The highest BCUT2D eigenvalue weighted by atomic mass is 32.1. The average Bonchev–Trinajstić information content (AvgIpc) is 3.26. The number of nitrogens with one attached hydrogen (secondary N) is 4. The fourth-order valence-electron chi connectivity index (χ4n) is 2.37. The van der Waals surface area contributed by atoms with Gasteiger partial charge in [0.05, 0.1) is 14.2 Å².